The van der Waals surface area contributed by atoms with Crippen LogP contribution in [0.3, 0.4) is 0 Å². The molecule has 0 fully saturated rings. The fourth-order valence-corrected chi connectivity index (χ4v) is 2.68. The van der Waals surface area contributed by atoms with Crippen molar-refractivity contribution < 1.29 is 19.1 Å². The van der Waals surface area contributed by atoms with E-state index in [0.717, 1.165) is 17.3 Å². The number of hydrogen-bond donors (Lipinski definition) is 1. The van der Waals surface area contributed by atoms with Gasteiger partial charge in [0.25, 0.3) is 0 Å². The largest absolute Gasteiger partial charge is 0.492 e. The zero-order valence-electron chi connectivity index (χ0n) is 12.3. The average molecular weight is 322 g/mol. The molecule has 1 aliphatic heterocycles. The van der Waals surface area contributed by atoms with Gasteiger partial charge < -0.3 is 14.8 Å². The standard InChI is InChI=1S/C15H18N2O4S/c1-20-15(19)11-2-4-12(5-3-11)21-8-6-16-13(18)10-14-17-7-9-22-14/h2-5H,6-10H2,1H3,(H,16,18). The Morgan fingerprint density at radius 1 is 1.32 bits per heavy atom. The minimum atomic E-state index is -0.383. The van der Waals surface area contributed by atoms with Gasteiger partial charge in [0.1, 0.15) is 12.4 Å². The Hall–Kier alpha value is -2.02. The van der Waals surface area contributed by atoms with Crippen LogP contribution in [0.25, 0.3) is 0 Å². The molecule has 1 amide bonds. The molecule has 0 aromatic heterocycles. The lowest BCUT2D eigenvalue weighted by Gasteiger charge is -2.08. The van der Waals surface area contributed by atoms with Crippen LogP contribution in [0.1, 0.15) is 16.8 Å². The predicted octanol–water partition coefficient (Wildman–Crippen LogP) is 1.50. The van der Waals surface area contributed by atoms with Crippen molar-refractivity contribution in [1.82, 2.24) is 5.32 Å². The third-order valence-electron chi connectivity index (χ3n) is 2.93. The molecule has 0 atom stereocenters. The molecule has 0 aliphatic carbocycles. The Morgan fingerprint density at radius 3 is 2.73 bits per heavy atom. The molecular weight excluding hydrogens is 304 g/mol. The van der Waals surface area contributed by atoms with Gasteiger partial charge in [0, 0.05) is 12.3 Å². The monoisotopic (exact) mass is 322 g/mol. The normalized spacial score (nSPS) is 13.4. The summed E-state index contributed by atoms with van der Waals surface area (Å²) in [4.78, 5) is 27.2. The van der Waals surface area contributed by atoms with Crippen molar-refractivity contribution in [1.29, 1.82) is 0 Å². The maximum atomic E-state index is 11.7. The molecule has 0 unspecified atom stereocenters. The smallest absolute Gasteiger partial charge is 0.337 e. The lowest BCUT2D eigenvalue weighted by atomic mass is 10.2. The summed E-state index contributed by atoms with van der Waals surface area (Å²) in [5.74, 6) is 1.18. The molecule has 0 saturated heterocycles. The van der Waals surface area contributed by atoms with Crippen molar-refractivity contribution in [2.24, 2.45) is 4.99 Å². The first kappa shape index (κ1) is 16.4. The van der Waals surface area contributed by atoms with E-state index in [0.29, 0.717) is 30.9 Å². The van der Waals surface area contributed by atoms with Crippen LogP contribution in [-0.4, -0.2) is 49.5 Å². The number of benzene rings is 1. The Balaban J connectivity index is 1.65. The van der Waals surface area contributed by atoms with E-state index < -0.39 is 0 Å². The number of hydrogen-bond acceptors (Lipinski definition) is 6. The zero-order chi connectivity index (χ0) is 15.8. The Labute approximate surface area is 133 Å². The number of ether oxygens (including phenoxy) is 2. The zero-order valence-corrected chi connectivity index (χ0v) is 13.1. The lowest BCUT2D eigenvalue weighted by Crippen LogP contribution is -2.29. The molecule has 1 aliphatic rings. The van der Waals surface area contributed by atoms with Crippen LogP contribution in [0.2, 0.25) is 0 Å². The molecule has 118 valence electrons. The fourth-order valence-electron chi connectivity index (χ4n) is 1.85. The van der Waals surface area contributed by atoms with Crippen LogP contribution in [0.15, 0.2) is 29.3 Å². The first-order valence-electron chi connectivity index (χ1n) is 6.93. The molecule has 1 heterocycles. The minimum absolute atomic E-state index is 0.0437. The number of amides is 1. The Kier molecular flexibility index (Phi) is 6.27. The second kappa shape index (κ2) is 8.43. The van der Waals surface area contributed by atoms with Crippen molar-refractivity contribution in [2.75, 3.05) is 32.6 Å². The molecule has 0 bridgehead atoms. The Morgan fingerprint density at radius 2 is 2.09 bits per heavy atom. The molecule has 2 rings (SSSR count). The maximum Gasteiger partial charge on any atom is 0.337 e. The van der Waals surface area contributed by atoms with Crippen molar-refractivity contribution in [3.8, 4) is 5.75 Å². The van der Waals surface area contributed by atoms with Crippen LogP contribution in [0, 0.1) is 0 Å². The molecule has 0 radical (unpaired) electrons. The summed E-state index contributed by atoms with van der Waals surface area (Å²) in [7, 11) is 1.34. The Bertz CT molecular complexity index is 557. The van der Waals surface area contributed by atoms with Gasteiger partial charge in [-0.2, -0.15) is 0 Å². The van der Waals surface area contributed by atoms with Crippen LogP contribution in [0.5, 0.6) is 5.75 Å². The topological polar surface area (TPSA) is 77.0 Å². The van der Waals surface area contributed by atoms with E-state index in [1.165, 1.54) is 7.11 Å². The number of thioether (sulfide) groups is 1. The molecular formula is C15H18N2O4S. The number of methoxy groups -OCH3 is 1. The molecule has 22 heavy (non-hydrogen) atoms. The van der Waals surface area contributed by atoms with E-state index in [1.807, 2.05) is 0 Å². The number of carbonyl (C=O) groups excluding carboxylic acids is 2. The number of rotatable bonds is 7. The number of nitrogens with zero attached hydrogens (tertiary/aromatic N) is 1. The quantitative estimate of drug-likeness (QED) is 0.608. The highest BCUT2D eigenvalue weighted by atomic mass is 32.2. The molecule has 6 nitrogen and oxygen atoms in total. The second-order valence-electron chi connectivity index (χ2n) is 4.52. The minimum Gasteiger partial charge on any atom is -0.492 e. The van der Waals surface area contributed by atoms with Crippen molar-refractivity contribution >= 4 is 28.7 Å². The van der Waals surface area contributed by atoms with Gasteiger partial charge >= 0.3 is 5.97 Å². The van der Waals surface area contributed by atoms with Gasteiger partial charge in [-0.25, -0.2) is 4.79 Å². The molecule has 1 aromatic rings. The van der Waals surface area contributed by atoms with Gasteiger partial charge in [-0.05, 0) is 24.3 Å². The van der Waals surface area contributed by atoms with E-state index in [4.69, 9.17) is 4.74 Å². The van der Waals surface area contributed by atoms with E-state index in [2.05, 4.69) is 15.0 Å². The van der Waals surface area contributed by atoms with Gasteiger partial charge in [-0.3, -0.25) is 9.79 Å². The molecule has 1 N–H and O–H groups in total. The highest BCUT2D eigenvalue weighted by Gasteiger charge is 2.11. The number of carbonyl (C=O) groups is 2. The summed E-state index contributed by atoms with van der Waals surface area (Å²) in [6, 6.07) is 6.65. The van der Waals surface area contributed by atoms with Gasteiger partial charge in [-0.1, -0.05) is 0 Å². The summed E-state index contributed by atoms with van der Waals surface area (Å²) in [6.07, 6.45) is 0.346. The number of aliphatic imine (C=N–C) groups is 1. The van der Waals surface area contributed by atoms with Crippen LogP contribution in [0.4, 0.5) is 0 Å². The van der Waals surface area contributed by atoms with Crippen molar-refractivity contribution in [3.05, 3.63) is 29.8 Å². The summed E-state index contributed by atoms with van der Waals surface area (Å²) < 4.78 is 10.1. The van der Waals surface area contributed by atoms with E-state index >= 15 is 0 Å². The van der Waals surface area contributed by atoms with Gasteiger partial charge in [0.05, 0.1) is 30.7 Å². The maximum absolute atomic E-state index is 11.7. The third kappa shape index (κ3) is 5.07. The van der Waals surface area contributed by atoms with Crippen molar-refractivity contribution in [2.45, 2.75) is 6.42 Å². The van der Waals surface area contributed by atoms with E-state index in [-0.39, 0.29) is 11.9 Å². The average Bonchev–Trinajstić information content (AvgIpc) is 3.04. The van der Waals surface area contributed by atoms with Crippen LogP contribution >= 0.6 is 11.8 Å². The van der Waals surface area contributed by atoms with Gasteiger partial charge in [-0.15, -0.1) is 11.8 Å². The van der Waals surface area contributed by atoms with Crippen LogP contribution < -0.4 is 10.1 Å². The number of esters is 1. The highest BCUT2D eigenvalue weighted by molar-refractivity contribution is 8.14. The summed E-state index contributed by atoms with van der Waals surface area (Å²) in [6.45, 7) is 1.59. The molecule has 7 heteroatoms. The summed E-state index contributed by atoms with van der Waals surface area (Å²) in [5, 5.41) is 3.69. The fraction of sp³-hybridized carbons (Fsp3) is 0.400. The molecule has 0 spiro atoms. The SMILES string of the molecule is COC(=O)c1ccc(OCCNC(=O)CC2=NCCS2)cc1. The molecule has 0 saturated carbocycles. The highest BCUT2D eigenvalue weighted by Crippen LogP contribution is 2.14. The van der Waals surface area contributed by atoms with Gasteiger partial charge in [0.2, 0.25) is 5.91 Å². The van der Waals surface area contributed by atoms with Crippen LogP contribution in [-0.2, 0) is 9.53 Å². The van der Waals surface area contributed by atoms with E-state index in [9.17, 15) is 9.59 Å². The lowest BCUT2D eigenvalue weighted by molar-refractivity contribution is -0.119. The van der Waals surface area contributed by atoms with Gasteiger partial charge in [0.15, 0.2) is 0 Å². The van der Waals surface area contributed by atoms with E-state index in [1.54, 1.807) is 36.0 Å². The second-order valence-corrected chi connectivity index (χ2v) is 5.68. The molecule has 1 aromatic carbocycles. The summed E-state index contributed by atoms with van der Waals surface area (Å²) >= 11 is 1.63. The first-order chi connectivity index (χ1) is 10.7. The predicted molar refractivity (Wildman–Crippen MR) is 85.7 cm³/mol. The van der Waals surface area contributed by atoms with Crippen molar-refractivity contribution in [3.63, 3.8) is 0 Å². The number of nitrogens with one attached hydrogen (secondary N) is 1. The first-order valence-corrected chi connectivity index (χ1v) is 7.91. The third-order valence-corrected chi connectivity index (χ3v) is 3.92. The summed E-state index contributed by atoms with van der Waals surface area (Å²) in [5.41, 5.74) is 0.470.